The van der Waals surface area contributed by atoms with Crippen molar-refractivity contribution in [3.8, 4) is 0 Å². The summed E-state index contributed by atoms with van der Waals surface area (Å²) in [5.41, 5.74) is 3.14. The lowest BCUT2D eigenvalue weighted by molar-refractivity contribution is -0.125. The van der Waals surface area contributed by atoms with Gasteiger partial charge in [-0.25, -0.2) is 13.0 Å². The molecular formula is C20H26N4O4S. The Bertz CT molecular complexity index is 1010. The van der Waals surface area contributed by atoms with Crippen LogP contribution >= 0.6 is 0 Å². The molecule has 1 amide bonds. The second-order valence-corrected chi connectivity index (χ2v) is 10.1. The molecule has 4 rings (SSSR count). The molecule has 1 N–H and O–H groups in total. The van der Waals surface area contributed by atoms with E-state index in [4.69, 9.17) is 0 Å². The highest BCUT2D eigenvalue weighted by atomic mass is 32.2. The molecule has 0 unspecified atom stereocenters. The summed E-state index contributed by atoms with van der Waals surface area (Å²) in [5, 5.41) is 10.6. The molecule has 2 aromatic rings. The van der Waals surface area contributed by atoms with E-state index in [1.165, 1.54) is 11.4 Å². The highest BCUT2D eigenvalue weighted by Crippen LogP contribution is 2.29. The summed E-state index contributed by atoms with van der Waals surface area (Å²) in [7, 11) is -2.16. The molecule has 0 saturated heterocycles. The van der Waals surface area contributed by atoms with Gasteiger partial charge in [0.05, 0.1) is 11.4 Å². The molecule has 1 aromatic carbocycles. The number of hydrogen-bond donors (Lipinski definition) is 1. The number of carbonyl (C=O) groups excluding carboxylic acids is 1. The van der Waals surface area contributed by atoms with Crippen LogP contribution < -0.4 is 5.32 Å². The van der Waals surface area contributed by atoms with Crippen molar-refractivity contribution in [3.63, 3.8) is 0 Å². The average Bonchev–Trinajstić information content (AvgIpc) is 3.42. The van der Waals surface area contributed by atoms with E-state index in [2.05, 4.69) is 20.3 Å². The van der Waals surface area contributed by atoms with Gasteiger partial charge >= 0.3 is 0 Å². The van der Waals surface area contributed by atoms with Gasteiger partial charge < -0.3 is 5.32 Å². The highest BCUT2D eigenvalue weighted by molar-refractivity contribution is 7.89. The largest absolute Gasteiger partial charge is 0.352 e. The maximum atomic E-state index is 13.0. The van der Waals surface area contributed by atoms with Crippen molar-refractivity contribution >= 4 is 15.9 Å². The van der Waals surface area contributed by atoms with Gasteiger partial charge in [-0.1, -0.05) is 29.2 Å². The third-order valence-electron chi connectivity index (χ3n) is 6.01. The van der Waals surface area contributed by atoms with Crippen LogP contribution in [0.2, 0.25) is 0 Å². The minimum atomic E-state index is -3.67. The van der Waals surface area contributed by atoms with E-state index in [-0.39, 0.29) is 29.3 Å². The Hall–Kier alpha value is -2.26. The molecule has 1 atom stereocenters. The molecule has 2 aliphatic carbocycles. The molecule has 0 spiro atoms. The van der Waals surface area contributed by atoms with Crippen LogP contribution in [-0.4, -0.2) is 42.0 Å². The van der Waals surface area contributed by atoms with Gasteiger partial charge in [0.2, 0.25) is 15.9 Å². The lowest BCUT2D eigenvalue weighted by Crippen LogP contribution is -2.38. The predicted octanol–water partition coefficient (Wildman–Crippen LogP) is 1.97. The minimum absolute atomic E-state index is 0.0395. The summed E-state index contributed by atoms with van der Waals surface area (Å²) in [6.07, 6.45) is 5.60. The van der Waals surface area contributed by atoms with Crippen molar-refractivity contribution in [2.45, 2.75) is 62.9 Å². The van der Waals surface area contributed by atoms with Gasteiger partial charge in [0, 0.05) is 19.0 Å². The quantitative estimate of drug-likeness (QED) is 0.769. The lowest BCUT2D eigenvalue weighted by Gasteiger charge is -2.16. The van der Waals surface area contributed by atoms with Gasteiger partial charge in [0.15, 0.2) is 0 Å². The average molecular weight is 419 g/mol. The molecule has 29 heavy (non-hydrogen) atoms. The van der Waals surface area contributed by atoms with Crippen molar-refractivity contribution in [2.75, 3.05) is 7.05 Å². The zero-order valence-corrected chi connectivity index (χ0v) is 17.5. The van der Waals surface area contributed by atoms with Crippen LogP contribution in [0.15, 0.2) is 27.7 Å². The van der Waals surface area contributed by atoms with Crippen molar-refractivity contribution in [3.05, 3.63) is 40.7 Å². The standard InChI is InChI=1S/C20H26N4O4S/c1-13-19(23-28-22-13)12-24(2)29(26,27)18-8-7-15-9-17(10-16(15)11-18)21-20(25)14-5-3-4-6-14/h7-8,11,14,17H,3-6,9-10,12H2,1-2H3,(H,21,25)/t17-/m0/s1. The van der Waals surface area contributed by atoms with E-state index in [9.17, 15) is 13.2 Å². The number of carbonyl (C=O) groups is 1. The maximum Gasteiger partial charge on any atom is 0.243 e. The van der Waals surface area contributed by atoms with Gasteiger partial charge in [-0.3, -0.25) is 4.79 Å². The van der Waals surface area contributed by atoms with Crippen LogP contribution in [0.5, 0.6) is 0 Å². The molecule has 0 radical (unpaired) electrons. The van der Waals surface area contributed by atoms with Gasteiger partial charge in [0.25, 0.3) is 0 Å². The molecule has 1 fully saturated rings. The molecule has 9 heteroatoms. The number of nitrogens with one attached hydrogen (secondary N) is 1. The Morgan fingerprint density at radius 1 is 1.21 bits per heavy atom. The number of hydrogen-bond acceptors (Lipinski definition) is 6. The Balaban J connectivity index is 1.45. The lowest BCUT2D eigenvalue weighted by atomic mass is 10.1. The van der Waals surface area contributed by atoms with Crippen LogP contribution in [-0.2, 0) is 34.2 Å². The van der Waals surface area contributed by atoms with E-state index in [1.54, 1.807) is 19.1 Å². The van der Waals surface area contributed by atoms with Gasteiger partial charge in [0.1, 0.15) is 11.4 Å². The first-order chi connectivity index (χ1) is 13.8. The number of amides is 1. The van der Waals surface area contributed by atoms with Crippen molar-refractivity contribution in [1.82, 2.24) is 19.9 Å². The molecule has 1 aromatic heterocycles. The topological polar surface area (TPSA) is 105 Å². The number of fused-ring (bicyclic) bond motifs is 1. The first-order valence-corrected chi connectivity index (χ1v) is 11.4. The number of nitrogens with zero attached hydrogens (tertiary/aromatic N) is 3. The summed E-state index contributed by atoms with van der Waals surface area (Å²) in [4.78, 5) is 12.7. The summed E-state index contributed by atoms with van der Waals surface area (Å²) in [6, 6.07) is 5.27. The van der Waals surface area contributed by atoms with E-state index >= 15 is 0 Å². The normalized spacial score (nSPS) is 19.6. The number of benzene rings is 1. The first kappa shape index (κ1) is 20.0. The fourth-order valence-corrected chi connectivity index (χ4v) is 5.42. The summed E-state index contributed by atoms with van der Waals surface area (Å²) in [5.74, 6) is 0.280. The molecule has 8 nitrogen and oxygen atoms in total. The summed E-state index contributed by atoms with van der Waals surface area (Å²) < 4.78 is 31.9. The van der Waals surface area contributed by atoms with E-state index in [1.807, 2.05) is 6.07 Å². The summed E-state index contributed by atoms with van der Waals surface area (Å²) >= 11 is 0. The van der Waals surface area contributed by atoms with Crippen LogP contribution in [0.1, 0.15) is 48.2 Å². The van der Waals surface area contributed by atoms with Gasteiger partial charge in [-0.2, -0.15) is 4.31 Å². The third-order valence-corrected chi connectivity index (χ3v) is 7.81. The Labute approximate surface area is 170 Å². The predicted molar refractivity (Wildman–Crippen MR) is 105 cm³/mol. The van der Waals surface area contributed by atoms with Crippen molar-refractivity contribution in [2.24, 2.45) is 5.92 Å². The maximum absolute atomic E-state index is 13.0. The molecule has 156 valence electrons. The SMILES string of the molecule is Cc1nonc1CN(C)S(=O)(=O)c1ccc2c(c1)C[C@@H](NC(=O)C1CCCC1)C2. The zero-order valence-electron chi connectivity index (χ0n) is 16.7. The minimum Gasteiger partial charge on any atom is -0.352 e. The molecule has 0 bridgehead atoms. The van der Waals surface area contributed by atoms with Crippen LogP contribution in [0.4, 0.5) is 0 Å². The van der Waals surface area contributed by atoms with Gasteiger partial charge in [-0.15, -0.1) is 0 Å². The fourth-order valence-electron chi connectivity index (χ4n) is 4.23. The Morgan fingerprint density at radius 2 is 1.93 bits per heavy atom. The van der Waals surface area contributed by atoms with Crippen LogP contribution in [0, 0.1) is 12.8 Å². The highest BCUT2D eigenvalue weighted by Gasteiger charge is 2.30. The molecule has 1 saturated carbocycles. The molecular weight excluding hydrogens is 392 g/mol. The third kappa shape index (κ3) is 4.06. The number of rotatable bonds is 6. The second-order valence-electron chi connectivity index (χ2n) is 8.08. The monoisotopic (exact) mass is 418 g/mol. The molecule has 1 heterocycles. The van der Waals surface area contributed by atoms with Crippen LogP contribution in [0.3, 0.4) is 0 Å². The zero-order chi connectivity index (χ0) is 20.6. The second kappa shape index (κ2) is 7.87. The Kier molecular flexibility index (Phi) is 5.44. The molecule has 0 aliphatic heterocycles. The van der Waals surface area contributed by atoms with Crippen molar-refractivity contribution < 1.29 is 17.8 Å². The fraction of sp³-hybridized carbons (Fsp3) is 0.550. The smallest absolute Gasteiger partial charge is 0.243 e. The van der Waals surface area contributed by atoms with Crippen LogP contribution in [0.25, 0.3) is 0 Å². The van der Waals surface area contributed by atoms with E-state index < -0.39 is 10.0 Å². The van der Waals surface area contributed by atoms with Crippen molar-refractivity contribution in [1.29, 1.82) is 0 Å². The van der Waals surface area contributed by atoms with E-state index in [0.717, 1.165) is 43.2 Å². The van der Waals surface area contributed by atoms with E-state index in [0.29, 0.717) is 17.8 Å². The number of sulfonamides is 1. The summed E-state index contributed by atoms with van der Waals surface area (Å²) in [6.45, 7) is 1.82. The Morgan fingerprint density at radius 3 is 2.62 bits per heavy atom. The number of aryl methyl sites for hydroxylation is 1. The first-order valence-electron chi connectivity index (χ1n) is 10.0. The van der Waals surface area contributed by atoms with Gasteiger partial charge in [-0.05, 0) is 55.9 Å². The molecule has 2 aliphatic rings. The number of aromatic nitrogens is 2.